The Labute approximate surface area is 123 Å². The zero-order chi connectivity index (χ0) is 15.6. The van der Waals surface area contributed by atoms with Gasteiger partial charge in [-0.15, -0.1) is 0 Å². The Morgan fingerprint density at radius 2 is 1.86 bits per heavy atom. The molecule has 0 spiro atoms. The SMILES string of the molecule is CC(C)c1c(C(=O)NS(C)(=O)=O)cnn1-c1ccccc1. The molecule has 1 heterocycles. The van der Waals surface area contributed by atoms with Gasteiger partial charge in [0, 0.05) is 0 Å². The Hall–Kier alpha value is -2.15. The molecule has 0 saturated carbocycles. The number of carbonyl (C=O) groups excluding carboxylic acids is 1. The van der Waals surface area contributed by atoms with Gasteiger partial charge in [-0.2, -0.15) is 5.10 Å². The quantitative estimate of drug-likeness (QED) is 0.932. The summed E-state index contributed by atoms with van der Waals surface area (Å²) in [6.07, 6.45) is 2.34. The van der Waals surface area contributed by atoms with E-state index in [9.17, 15) is 13.2 Å². The van der Waals surface area contributed by atoms with Gasteiger partial charge >= 0.3 is 0 Å². The van der Waals surface area contributed by atoms with Gasteiger partial charge in [-0.1, -0.05) is 32.0 Å². The third-order valence-electron chi connectivity index (χ3n) is 2.88. The van der Waals surface area contributed by atoms with Gasteiger partial charge in [-0.25, -0.2) is 17.8 Å². The molecule has 0 aliphatic rings. The van der Waals surface area contributed by atoms with Crippen molar-refractivity contribution < 1.29 is 13.2 Å². The molecule has 6 nitrogen and oxygen atoms in total. The van der Waals surface area contributed by atoms with Gasteiger partial charge in [0.1, 0.15) is 0 Å². The van der Waals surface area contributed by atoms with E-state index < -0.39 is 15.9 Å². The molecular formula is C14H17N3O3S. The van der Waals surface area contributed by atoms with E-state index in [-0.39, 0.29) is 11.5 Å². The van der Waals surface area contributed by atoms with E-state index in [1.807, 2.05) is 48.9 Å². The predicted octanol–water partition coefficient (Wildman–Crippen LogP) is 1.69. The molecule has 0 aliphatic heterocycles. The highest BCUT2D eigenvalue weighted by atomic mass is 32.2. The molecule has 2 rings (SSSR count). The average molecular weight is 307 g/mol. The van der Waals surface area contributed by atoms with Crippen molar-refractivity contribution >= 4 is 15.9 Å². The maximum atomic E-state index is 12.1. The van der Waals surface area contributed by atoms with Crippen LogP contribution in [-0.2, 0) is 10.0 Å². The summed E-state index contributed by atoms with van der Waals surface area (Å²) in [6, 6.07) is 9.38. The molecule has 0 atom stereocenters. The first-order valence-electron chi connectivity index (χ1n) is 6.45. The molecule has 1 aromatic carbocycles. The lowest BCUT2D eigenvalue weighted by molar-refractivity contribution is 0.0980. The fraction of sp³-hybridized carbons (Fsp3) is 0.286. The van der Waals surface area contributed by atoms with Crippen molar-refractivity contribution in [3.8, 4) is 5.69 Å². The van der Waals surface area contributed by atoms with E-state index >= 15 is 0 Å². The van der Waals surface area contributed by atoms with E-state index in [0.717, 1.165) is 11.9 Å². The summed E-state index contributed by atoms with van der Waals surface area (Å²) in [5.74, 6) is -0.656. The maximum absolute atomic E-state index is 12.1. The van der Waals surface area contributed by atoms with Crippen LogP contribution in [0.1, 0.15) is 35.8 Å². The third-order valence-corrected chi connectivity index (χ3v) is 3.43. The summed E-state index contributed by atoms with van der Waals surface area (Å²) in [5.41, 5.74) is 1.75. The van der Waals surface area contributed by atoms with Crippen molar-refractivity contribution in [2.75, 3.05) is 6.26 Å². The molecule has 112 valence electrons. The Morgan fingerprint density at radius 3 is 2.38 bits per heavy atom. The molecule has 1 N–H and O–H groups in total. The van der Waals surface area contributed by atoms with Crippen molar-refractivity contribution in [1.29, 1.82) is 0 Å². The number of benzene rings is 1. The van der Waals surface area contributed by atoms with Gasteiger partial charge in [0.05, 0.1) is 29.4 Å². The van der Waals surface area contributed by atoms with Crippen LogP contribution >= 0.6 is 0 Å². The summed E-state index contributed by atoms with van der Waals surface area (Å²) >= 11 is 0. The van der Waals surface area contributed by atoms with Crippen molar-refractivity contribution in [2.24, 2.45) is 0 Å². The zero-order valence-corrected chi connectivity index (χ0v) is 12.9. The highest BCUT2D eigenvalue weighted by Crippen LogP contribution is 2.23. The fourth-order valence-electron chi connectivity index (χ4n) is 2.09. The first-order chi connectivity index (χ1) is 9.79. The Kier molecular flexibility index (Phi) is 4.13. The highest BCUT2D eigenvalue weighted by Gasteiger charge is 2.22. The van der Waals surface area contributed by atoms with E-state index in [1.54, 1.807) is 4.68 Å². The molecular weight excluding hydrogens is 290 g/mol. The molecule has 1 amide bonds. The minimum atomic E-state index is -3.61. The molecule has 0 saturated heterocycles. The van der Waals surface area contributed by atoms with Crippen molar-refractivity contribution in [3.05, 3.63) is 47.8 Å². The van der Waals surface area contributed by atoms with Crippen LogP contribution in [0.3, 0.4) is 0 Å². The second-order valence-electron chi connectivity index (χ2n) is 5.05. The number of nitrogens with zero attached hydrogens (tertiary/aromatic N) is 2. The molecule has 0 aliphatic carbocycles. The average Bonchev–Trinajstić information content (AvgIpc) is 2.82. The minimum absolute atomic E-state index is 0.00742. The second kappa shape index (κ2) is 5.69. The van der Waals surface area contributed by atoms with Gasteiger partial charge in [-0.3, -0.25) is 4.79 Å². The van der Waals surface area contributed by atoms with Crippen LogP contribution in [-0.4, -0.2) is 30.4 Å². The maximum Gasteiger partial charge on any atom is 0.268 e. The van der Waals surface area contributed by atoms with Gasteiger partial charge in [0.2, 0.25) is 10.0 Å². The molecule has 0 fully saturated rings. The summed E-state index contributed by atoms with van der Waals surface area (Å²) in [7, 11) is -3.61. The smallest absolute Gasteiger partial charge is 0.268 e. The van der Waals surface area contributed by atoms with Crippen LogP contribution in [0, 0.1) is 0 Å². The highest BCUT2D eigenvalue weighted by molar-refractivity contribution is 7.89. The van der Waals surface area contributed by atoms with Crippen LogP contribution in [0.15, 0.2) is 36.5 Å². The Bertz CT molecular complexity index is 749. The van der Waals surface area contributed by atoms with Crippen LogP contribution in [0.25, 0.3) is 5.69 Å². The lowest BCUT2D eigenvalue weighted by Gasteiger charge is -2.12. The van der Waals surface area contributed by atoms with Crippen LogP contribution in [0.4, 0.5) is 0 Å². The largest absolute Gasteiger partial charge is 0.268 e. The normalized spacial score (nSPS) is 11.6. The molecule has 1 aromatic heterocycles. The first-order valence-corrected chi connectivity index (χ1v) is 8.34. The number of amides is 1. The molecule has 0 bridgehead atoms. The van der Waals surface area contributed by atoms with E-state index in [4.69, 9.17) is 0 Å². The number of nitrogens with one attached hydrogen (secondary N) is 1. The van der Waals surface area contributed by atoms with E-state index in [1.165, 1.54) is 6.20 Å². The summed E-state index contributed by atoms with van der Waals surface area (Å²) in [5, 5.41) is 4.22. The number of para-hydroxylation sites is 1. The zero-order valence-electron chi connectivity index (χ0n) is 12.1. The van der Waals surface area contributed by atoms with Gasteiger partial charge in [-0.05, 0) is 18.1 Å². The fourth-order valence-corrected chi connectivity index (χ4v) is 2.53. The third kappa shape index (κ3) is 3.49. The van der Waals surface area contributed by atoms with Gasteiger partial charge < -0.3 is 0 Å². The molecule has 7 heteroatoms. The number of rotatable bonds is 4. The molecule has 0 radical (unpaired) electrons. The second-order valence-corrected chi connectivity index (χ2v) is 6.80. The van der Waals surface area contributed by atoms with Gasteiger partial charge in [0.15, 0.2) is 0 Å². The summed E-state index contributed by atoms with van der Waals surface area (Å²) in [4.78, 5) is 12.1. The van der Waals surface area contributed by atoms with Crippen LogP contribution < -0.4 is 4.72 Å². The van der Waals surface area contributed by atoms with Crippen molar-refractivity contribution in [3.63, 3.8) is 0 Å². The standard InChI is InChI=1S/C14H17N3O3S/c1-10(2)13-12(14(18)16-21(3,19)20)9-15-17(13)11-7-5-4-6-8-11/h4-10H,1-3H3,(H,16,18). The number of sulfonamides is 1. The minimum Gasteiger partial charge on any atom is -0.268 e. The lowest BCUT2D eigenvalue weighted by atomic mass is 10.1. The molecule has 21 heavy (non-hydrogen) atoms. The number of aromatic nitrogens is 2. The van der Waals surface area contributed by atoms with Gasteiger partial charge in [0.25, 0.3) is 5.91 Å². The van der Waals surface area contributed by atoms with E-state index in [2.05, 4.69) is 5.10 Å². The topological polar surface area (TPSA) is 81.1 Å². The van der Waals surface area contributed by atoms with Crippen molar-refractivity contribution in [2.45, 2.75) is 19.8 Å². The number of hydrogen-bond acceptors (Lipinski definition) is 4. The Balaban J connectivity index is 2.50. The molecule has 0 unspecified atom stereocenters. The predicted molar refractivity (Wildman–Crippen MR) is 80.0 cm³/mol. The van der Waals surface area contributed by atoms with Crippen LogP contribution in [0.2, 0.25) is 0 Å². The number of carbonyl (C=O) groups is 1. The first kappa shape index (κ1) is 15.2. The lowest BCUT2D eigenvalue weighted by Crippen LogP contribution is -2.30. The summed E-state index contributed by atoms with van der Waals surface area (Å²) in [6.45, 7) is 3.85. The van der Waals surface area contributed by atoms with Crippen molar-refractivity contribution in [1.82, 2.24) is 14.5 Å². The molecule has 2 aromatic rings. The van der Waals surface area contributed by atoms with E-state index in [0.29, 0.717) is 5.69 Å². The monoisotopic (exact) mass is 307 g/mol. The number of hydrogen-bond donors (Lipinski definition) is 1. The Morgan fingerprint density at radius 1 is 1.24 bits per heavy atom. The summed E-state index contributed by atoms with van der Waals surface area (Å²) < 4.78 is 26.1. The van der Waals surface area contributed by atoms with Crippen LogP contribution in [0.5, 0.6) is 0 Å².